The van der Waals surface area contributed by atoms with Crippen molar-refractivity contribution in [3.8, 4) is 11.5 Å². The van der Waals surface area contributed by atoms with Gasteiger partial charge >= 0.3 is 0 Å². The van der Waals surface area contributed by atoms with E-state index >= 15 is 0 Å². The number of carbonyl (C=O) groups is 2. The summed E-state index contributed by atoms with van der Waals surface area (Å²) in [7, 11) is 1.60. The highest BCUT2D eigenvalue weighted by molar-refractivity contribution is 5.90. The van der Waals surface area contributed by atoms with Gasteiger partial charge in [-0.15, -0.1) is 0 Å². The first-order chi connectivity index (χ1) is 16.3. The van der Waals surface area contributed by atoms with Crippen LogP contribution in [0.5, 0.6) is 11.5 Å². The van der Waals surface area contributed by atoms with Gasteiger partial charge in [-0.1, -0.05) is 45.0 Å². The summed E-state index contributed by atoms with van der Waals surface area (Å²) in [6.45, 7) is 8.18. The van der Waals surface area contributed by atoms with Gasteiger partial charge in [-0.2, -0.15) is 0 Å². The third-order valence-electron chi connectivity index (χ3n) is 5.76. The molecule has 2 amide bonds. The summed E-state index contributed by atoms with van der Waals surface area (Å²) in [5, 5.41) is 7.02. The molecule has 0 aliphatic carbocycles. The van der Waals surface area contributed by atoms with E-state index in [9.17, 15) is 9.59 Å². The topological polar surface area (TPSA) is 92.5 Å². The standard InChI is InChI=1S/C27H35N3O4/c1-6-13-34-24-12-11-19(15-25(24)33-5)18(4)29-27(32)23(30-26(31)17(2)3)14-20-16-28-22-10-8-7-9-21(20)22/h7-12,15-18,23,28H,6,13-14H2,1-5H3,(H,29,32)(H,30,31). The normalized spacial score (nSPS) is 12.9. The highest BCUT2D eigenvalue weighted by Crippen LogP contribution is 2.30. The second-order valence-corrected chi connectivity index (χ2v) is 8.77. The van der Waals surface area contributed by atoms with Crippen molar-refractivity contribution < 1.29 is 19.1 Å². The molecular formula is C27H35N3O4. The predicted molar refractivity (Wildman–Crippen MR) is 134 cm³/mol. The largest absolute Gasteiger partial charge is 0.493 e. The van der Waals surface area contributed by atoms with Crippen LogP contribution < -0.4 is 20.1 Å². The van der Waals surface area contributed by atoms with E-state index in [-0.39, 0.29) is 23.8 Å². The molecule has 0 radical (unpaired) electrons. The summed E-state index contributed by atoms with van der Waals surface area (Å²) in [4.78, 5) is 29.0. The number of para-hydroxylation sites is 1. The van der Waals surface area contributed by atoms with Gasteiger partial charge in [-0.3, -0.25) is 9.59 Å². The zero-order chi connectivity index (χ0) is 24.7. The number of methoxy groups -OCH3 is 1. The van der Waals surface area contributed by atoms with E-state index < -0.39 is 6.04 Å². The number of ether oxygens (including phenoxy) is 2. The molecule has 1 aromatic heterocycles. The molecule has 0 saturated heterocycles. The Morgan fingerprint density at radius 1 is 1.00 bits per heavy atom. The second-order valence-electron chi connectivity index (χ2n) is 8.77. The summed E-state index contributed by atoms with van der Waals surface area (Å²) >= 11 is 0. The highest BCUT2D eigenvalue weighted by Gasteiger charge is 2.25. The van der Waals surface area contributed by atoms with Crippen molar-refractivity contribution in [1.82, 2.24) is 15.6 Å². The number of fused-ring (bicyclic) bond motifs is 1. The van der Waals surface area contributed by atoms with Gasteiger partial charge in [0.05, 0.1) is 19.8 Å². The minimum atomic E-state index is -0.703. The van der Waals surface area contributed by atoms with E-state index in [2.05, 4.69) is 15.6 Å². The lowest BCUT2D eigenvalue weighted by Gasteiger charge is -2.23. The molecule has 3 rings (SSSR count). The Morgan fingerprint density at radius 2 is 1.76 bits per heavy atom. The Balaban J connectivity index is 1.78. The van der Waals surface area contributed by atoms with Gasteiger partial charge in [-0.05, 0) is 42.7 Å². The van der Waals surface area contributed by atoms with Crippen LogP contribution in [0.15, 0.2) is 48.7 Å². The SMILES string of the molecule is CCCOc1ccc(C(C)NC(=O)C(Cc2c[nH]c3ccccc23)NC(=O)C(C)C)cc1OC. The van der Waals surface area contributed by atoms with Gasteiger partial charge in [0.1, 0.15) is 6.04 Å². The zero-order valence-electron chi connectivity index (χ0n) is 20.6. The average molecular weight is 466 g/mol. The summed E-state index contributed by atoms with van der Waals surface area (Å²) in [6, 6.07) is 12.6. The first-order valence-electron chi connectivity index (χ1n) is 11.8. The average Bonchev–Trinajstić information content (AvgIpc) is 3.24. The molecule has 2 unspecified atom stereocenters. The lowest BCUT2D eigenvalue weighted by atomic mass is 10.0. The molecule has 7 nitrogen and oxygen atoms in total. The number of H-pyrrole nitrogens is 1. The third-order valence-corrected chi connectivity index (χ3v) is 5.76. The molecule has 182 valence electrons. The molecule has 0 aliphatic rings. The van der Waals surface area contributed by atoms with E-state index in [1.807, 2.05) is 76.4 Å². The van der Waals surface area contributed by atoms with Gasteiger partial charge in [-0.25, -0.2) is 0 Å². The van der Waals surface area contributed by atoms with Crippen LogP contribution in [0, 0.1) is 5.92 Å². The summed E-state index contributed by atoms with van der Waals surface area (Å²) in [6.07, 6.45) is 3.18. The molecule has 0 saturated carbocycles. The van der Waals surface area contributed by atoms with Crippen LogP contribution in [0.1, 0.15) is 51.3 Å². The number of aromatic nitrogens is 1. The molecule has 0 fully saturated rings. The molecule has 34 heavy (non-hydrogen) atoms. The second kappa shape index (κ2) is 11.6. The minimum absolute atomic E-state index is 0.160. The molecule has 3 N–H and O–H groups in total. The van der Waals surface area contributed by atoms with Gasteiger partial charge in [0.25, 0.3) is 0 Å². The van der Waals surface area contributed by atoms with Crippen molar-refractivity contribution in [2.75, 3.05) is 13.7 Å². The van der Waals surface area contributed by atoms with E-state index in [4.69, 9.17) is 9.47 Å². The minimum Gasteiger partial charge on any atom is -0.493 e. The lowest BCUT2D eigenvalue weighted by molar-refractivity contribution is -0.130. The Kier molecular flexibility index (Phi) is 8.57. The number of nitrogens with one attached hydrogen (secondary N) is 3. The maximum absolute atomic E-state index is 13.3. The smallest absolute Gasteiger partial charge is 0.243 e. The van der Waals surface area contributed by atoms with Crippen molar-refractivity contribution in [1.29, 1.82) is 0 Å². The Labute approximate surface area is 201 Å². The number of hydrogen-bond acceptors (Lipinski definition) is 4. The molecule has 0 aliphatic heterocycles. The van der Waals surface area contributed by atoms with Crippen LogP contribution >= 0.6 is 0 Å². The van der Waals surface area contributed by atoms with Crippen LogP contribution in [0.25, 0.3) is 10.9 Å². The fourth-order valence-electron chi connectivity index (χ4n) is 3.75. The third kappa shape index (κ3) is 6.10. The van der Waals surface area contributed by atoms with Gasteiger partial charge in [0.15, 0.2) is 11.5 Å². The van der Waals surface area contributed by atoms with Gasteiger partial charge in [0, 0.05) is 29.4 Å². The summed E-state index contributed by atoms with van der Waals surface area (Å²) in [5.74, 6) is 0.669. The molecule has 0 bridgehead atoms. The molecule has 7 heteroatoms. The summed E-state index contributed by atoms with van der Waals surface area (Å²) in [5.41, 5.74) is 2.86. The zero-order valence-corrected chi connectivity index (χ0v) is 20.6. The Hall–Kier alpha value is -3.48. The van der Waals surface area contributed by atoms with Crippen LogP contribution in [-0.2, 0) is 16.0 Å². The highest BCUT2D eigenvalue weighted by atomic mass is 16.5. The Morgan fingerprint density at radius 3 is 2.47 bits per heavy atom. The number of aromatic amines is 1. The van der Waals surface area contributed by atoms with Crippen molar-refractivity contribution >= 4 is 22.7 Å². The molecule has 0 spiro atoms. The van der Waals surface area contributed by atoms with E-state index in [0.717, 1.165) is 28.5 Å². The van der Waals surface area contributed by atoms with Crippen LogP contribution in [-0.4, -0.2) is 36.6 Å². The van der Waals surface area contributed by atoms with Crippen LogP contribution in [0.3, 0.4) is 0 Å². The van der Waals surface area contributed by atoms with Crippen molar-refractivity contribution in [2.45, 2.75) is 52.6 Å². The monoisotopic (exact) mass is 465 g/mol. The Bertz CT molecular complexity index is 1120. The molecule has 3 aromatic rings. The van der Waals surface area contributed by atoms with Gasteiger partial charge in [0.2, 0.25) is 11.8 Å². The number of benzene rings is 2. The quantitative estimate of drug-likeness (QED) is 0.388. The van der Waals surface area contributed by atoms with E-state index in [1.165, 1.54) is 0 Å². The first kappa shape index (κ1) is 25.1. The maximum atomic E-state index is 13.3. The number of carbonyl (C=O) groups excluding carboxylic acids is 2. The predicted octanol–water partition coefficient (Wildman–Crippen LogP) is 4.53. The summed E-state index contributed by atoms with van der Waals surface area (Å²) < 4.78 is 11.2. The number of hydrogen-bond donors (Lipinski definition) is 3. The van der Waals surface area contributed by atoms with E-state index in [1.54, 1.807) is 7.11 Å². The van der Waals surface area contributed by atoms with Crippen molar-refractivity contribution in [2.24, 2.45) is 5.92 Å². The maximum Gasteiger partial charge on any atom is 0.243 e. The fraction of sp³-hybridized carbons (Fsp3) is 0.407. The fourth-order valence-corrected chi connectivity index (χ4v) is 3.75. The molecule has 1 heterocycles. The molecule has 2 aromatic carbocycles. The van der Waals surface area contributed by atoms with Crippen LogP contribution in [0.4, 0.5) is 0 Å². The van der Waals surface area contributed by atoms with Gasteiger partial charge < -0.3 is 25.1 Å². The van der Waals surface area contributed by atoms with Crippen molar-refractivity contribution in [3.63, 3.8) is 0 Å². The molecular weight excluding hydrogens is 430 g/mol. The van der Waals surface area contributed by atoms with Crippen molar-refractivity contribution in [3.05, 3.63) is 59.8 Å². The molecule has 2 atom stereocenters. The first-order valence-corrected chi connectivity index (χ1v) is 11.8. The lowest BCUT2D eigenvalue weighted by Crippen LogP contribution is -2.49. The van der Waals surface area contributed by atoms with Crippen LogP contribution in [0.2, 0.25) is 0 Å². The van der Waals surface area contributed by atoms with E-state index in [0.29, 0.717) is 24.5 Å². The number of amides is 2. The number of rotatable bonds is 11.